The third kappa shape index (κ3) is 5.17. The lowest BCUT2D eigenvalue weighted by Crippen LogP contribution is -2.03. The lowest BCUT2D eigenvalue weighted by atomic mass is 10.1. The maximum atomic E-state index is 9.31. The van der Waals surface area contributed by atoms with Crippen molar-refractivity contribution in [3.8, 4) is 29.0 Å². The van der Waals surface area contributed by atoms with Gasteiger partial charge in [-0.3, -0.25) is 0 Å². The van der Waals surface area contributed by atoms with Crippen molar-refractivity contribution >= 4 is 30.0 Å². The summed E-state index contributed by atoms with van der Waals surface area (Å²) in [5.74, 6) is 1.47. The van der Waals surface area contributed by atoms with Crippen LogP contribution in [-0.4, -0.2) is 27.7 Å². The smallest absolute Gasteiger partial charge is 0.216 e. The Balaban J connectivity index is 1.63. The maximum Gasteiger partial charge on any atom is 0.216 e. The third-order valence-corrected chi connectivity index (χ3v) is 5.39. The van der Waals surface area contributed by atoms with Crippen molar-refractivity contribution in [1.82, 2.24) is 14.9 Å². The van der Waals surface area contributed by atoms with E-state index in [1.54, 1.807) is 29.1 Å². The Kier molecular flexibility index (Phi) is 7.38. The van der Waals surface area contributed by atoms with Crippen molar-refractivity contribution < 1.29 is 9.47 Å². The van der Waals surface area contributed by atoms with Crippen molar-refractivity contribution in [2.75, 3.05) is 6.61 Å². The molecule has 1 heterocycles. The predicted molar refractivity (Wildman–Crippen MR) is 134 cm³/mol. The van der Waals surface area contributed by atoms with Crippen LogP contribution in [0.25, 0.3) is 11.4 Å². The molecule has 0 aliphatic rings. The van der Waals surface area contributed by atoms with Gasteiger partial charge in [0.25, 0.3) is 0 Å². The van der Waals surface area contributed by atoms with E-state index in [1.165, 1.54) is 0 Å². The van der Waals surface area contributed by atoms with Gasteiger partial charge in [0.05, 0.1) is 29.5 Å². The van der Waals surface area contributed by atoms with Crippen LogP contribution in [-0.2, 0) is 6.61 Å². The summed E-state index contributed by atoms with van der Waals surface area (Å²) in [5.41, 5.74) is 2.88. The highest BCUT2D eigenvalue weighted by molar-refractivity contribution is 7.71. The normalized spacial score (nSPS) is 10.9. The molecule has 1 aromatic heterocycles. The molecule has 1 N–H and O–H groups in total. The molecular formula is C25H20ClN5O2S. The highest BCUT2D eigenvalue weighted by Crippen LogP contribution is 2.37. The van der Waals surface area contributed by atoms with Gasteiger partial charge in [-0.2, -0.15) is 20.1 Å². The molecule has 0 unspecified atom stereocenters. The van der Waals surface area contributed by atoms with Crippen LogP contribution in [0.3, 0.4) is 0 Å². The number of nitrogens with zero attached hydrogens (tertiary/aromatic N) is 4. The number of rotatable bonds is 8. The van der Waals surface area contributed by atoms with E-state index in [4.69, 9.17) is 33.3 Å². The Hall–Kier alpha value is -3.93. The second-order valence-electron chi connectivity index (χ2n) is 7.10. The molecule has 0 atom stereocenters. The van der Waals surface area contributed by atoms with Gasteiger partial charge in [0, 0.05) is 11.1 Å². The first-order valence-electron chi connectivity index (χ1n) is 10.4. The van der Waals surface area contributed by atoms with E-state index in [9.17, 15) is 5.26 Å². The summed E-state index contributed by atoms with van der Waals surface area (Å²) < 4.78 is 13.6. The van der Waals surface area contributed by atoms with Crippen molar-refractivity contribution in [2.24, 2.45) is 5.10 Å². The zero-order valence-corrected chi connectivity index (χ0v) is 19.8. The first-order valence-corrected chi connectivity index (χ1v) is 11.2. The Morgan fingerprint density at radius 1 is 1.15 bits per heavy atom. The monoisotopic (exact) mass is 489 g/mol. The van der Waals surface area contributed by atoms with E-state index in [0.29, 0.717) is 44.9 Å². The SMILES string of the molecule is CCOc1cc(/C=N\n2c(-c3ccccc3)n[nH]c2=S)cc(Cl)c1OCc1ccccc1C#N. The van der Waals surface area contributed by atoms with E-state index in [0.717, 1.165) is 11.1 Å². The van der Waals surface area contributed by atoms with Gasteiger partial charge in [0.1, 0.15) is 6.61 Å². The molecule has 34 heavy (non-hydrogen) atoms. The second kappa shape index (κ2) is 10.8. The van der Waals surface area contributed by atoms with Gasteiger partial charge in [0.2, 0.25) is 4.77 Å². The van der Waals surface area contributed by atoms with Crippen LogP contribution in [0.5, 0.6) is 11.5 Å². The molecule has 170 valence electrons. The molecule has 0 spiro atoms. The summed E-state index contributed by atoms with van der Waals surface area (Å²) in [4.78, 5) is 0. The van der Waals surface area contributed by atoms with Crippen LogP contribution in [0, 0.1) is 16.1 Å². The first-order chi connectivity index (χ1) is 16.6. The summed E-state index contributed by atoms with van der Waals surface area (Å²) in [7, 11) is 0. The van der Waals surface area contributed by atoms with Gasteiger partial charge in [0.15, 0.2) is 17.3 Å². The number of nitrogens with one attached hydrogen (secondary N) is 1. The number of halogens is 1. The Morgan fingerprint density at radius 2 is 1.91 bits per heavy atom. The molecule has 0 amide bonds. The molecule has 0 fully saturated rings. The molecule has 4 rings (SSSR count). The molecule has 9 heteroatoms. The molecule has 7 nitrogen and oxygen atoms in total. The van der Waals surface area contributed by atoms with Crippen LogP contribution in [0.2, 0.25) is 5.02 Å². The molecule has 0 aliphatic carbocycles. The third-order valence-electron chi connectivity index (χ3n) is 4.85. The molecular weight excluding hydrogens is 470 g/mol. The Morgan fingerprint density at radius 3 is 2.68 bits per heavy atom. The number of benzene rings is 3. The molecule has 0 radical (unpaired) electrons. The average Bonchev–Trinajstić information content (AvgIpc) is 3.23. The quantitative estimate of drug-likeness (QED) is 0.242. The average molecular weight is 490 g/mol. The maximum absolute atomic E-state index is 9.31. The van der Waals surface area contributed by atoms with E-state index in [2.05, 4.69) is 21.4 Å². The van der Waals surface area contributed by atoms with Gasteiger partial charge in [-0.25, -0.2) is 5.10 Å². The summed E-state index contributed by atoms with van der Waals surface area (Å²) in [6.45, 7) is 2.48. The van der Waals surface area contributed by atoms with E-state index >= 15 is 0 Å². The topological polar surface area (TPSA) is 88.2 Å². The number of H-pyrrole nitrogens is 1. The lowest BCUT2D eigenvalue weighted by Gasteiger charge is -2.15. The minimum absolute atomic E-state index is 0.182. The zero-order valence-electron chi connectivity index (χ0n) is 18.2. The molecule has 0 bridgehead atoms. The Labute approximate surface area is 206 Å². The van der Waals surface area contributed by atoms with Crippen LogP contribution >= 0.6 is 23.8 Å². The van der Waals surface area contributed by atoms with Gasteiger partial charge in [-0.05, 0) is 42.9 Å². The van der Waals surface area contributed by atoms with Gasteiger partial charge >= 0.3 is 0 Å². The number of aromatic amines is 1. The number of hydrogen-bond donors (Lipinski definition) is 1. The van der Waals surface area contributed by atoms with E-state index in [1.807, 2.05) is 55.5 Å². The summed E-state index contributed by atoms with van der Waals surface area (Å²) >= 11 is 11.9. The molecule has 0 saturated carbocycles. The predicted octanol–water partition coefficient (Wildman–Crippen LogP) is 5.99. The molecule has 4 aromatic rings. The van der Waals surface area contributed by atoms with E-state index < -0.39 is 0 Å². The van der Waals surface area contributed by atoms with Crippen molar-refractivity contribution in [2.45, 2.75) is 13.5 Å². The molecule has 3 aromatic carbocycles. The molecule has 0 saturated heterocycles. The lowest BCUT2D eigenvalue weighted by molar-refractivity contribution is 0.269. The number of nitriles is 1. The summed E-state index contributed by atoms with van der Waals surface area (Å²) in [5, 5.41) is 21.2. The Bertz CT molecular complexity index is 1420. The van der Waals surface area contributed by atoms with Crippen LogP contribution in [0.15, 0.2) is 71.8 Å². The number of hydrogen-bond acceptors (Lipinski definition) is 6. The standard InChI is InChI=1S/C25H20ClN5O2S/c1-2-32-22-13-17(12-21(26)23(22)33-16-20-11-7-6-10-19(20)14-27)15-28-31-24(29-30-25(31)34)18-8-4-3-5-9-18/h3-13,15H,2,16H2,1H3,(H,30,34)/b28-15-. The zero-order chi connectivity index (χ0) is 23.9. The highest BCUT2D eigenvalue weighted by Gasteiger charge is 2.14. The first kappa shape index (κ1) is 23.2. The molecule has 0 aliphatic heterocycles. The number of aromatic nitrogens is 3. The fourth-order valence-electron chi connectivity index (χ4n) is 3.27. The van der Waals surface area contributed by atoms with Gasteiger partial charge in [-0.1, -0.05) is 60.1 Å². The van der Waals surface area contributed by atoms with E-state index in [-0.39, 0.29) is 6.61 Å². The minimum Gasteiger partial charge on any atom is -0.490 e. The van der Waals surface area contributed by atoms with Crippen molar-refractivity contribution in [3.63, 3.8) is 0 Å². The highest BCUT2D eigenvalue weighted by atomic mass is 35.5. The minimum atomic E-state index is 0.182. The fourth-order valence-corrected chi connectivity index (χ4v) is 3.72. The van der Waals surface area contributed by atoms with Crippen LogP contribution < -0.4 is 9.47 Å². The fraction of sp³-hybridized carbons (Fsp3) is 0.120. The largest absolute Gasteiger partial charge is 0.490 e. The van der Waals surface area contributed by atoms with Crippen LogP contribution in [0.1, 0.15) is 23.6 Å². The summed E-state index contributed by atoms with van der Waals surface area (Å²) in [6.07, 6.45) is 1.63. The van der Waals surface area contributed by atoms with Crippen LogP contribution in [0.4, 0.5) is 0 Å². The van der Waals surface area contributed by atoms with Crippen molar-refractivity contribution in [3.05, 3.63) is 93.2 Å². The van der Waals surface area contributed by atoms with Crippen molar-refractivity contribution in [1.29, 1.82) is 5.26 Å². The second-order valence-corrected chi connectivity index (χ2v) is 7.89. The van der Waals surface area contributed by atoms with Gasteiger partial charge < -0.3 is 9.47 Å². The van der Waals surface area contributed by atoms with Gasteiger partial charge in [-0.15, -0.1) is 0 Å². The number of ether oxygens (including phenoxy) is 2. The summed E-state index contributed by atoms with van der Waals surface area (Å²) in [6, 6.07) is 22.6.